The lowest BCUT2D eigenvalue weighted by Crippen LogP contribution is -2.45. The Hall–Kier alpha value is -1.44. The van der Waals surface area contributed by atoms with E-state index in [2.05, 4.69) is 10.0 Å². The molecule has 1 aromatic carbocycles. The highest BCUT2D eigenvalue weighted by Gasteiger charge is 2.21. The lowest BCUT2D eigenvalue weighted by molar-refractivity contribution is -0.122. The predicted molar refractivity (Wildman–Crippen MR) is 84.9 cm³/mol. The van der Waals surface area contributed by atoms with E-state index in [1.807, 2.05) is 13.8 Å². The first-order valence-electron chi connectivity index (χ1n) is 7.29. The van der Waals surface area contributed by atoms with Crippen LogP contribution in [0.4, 0.5) is 0 Å². The fourth-order valence-electron chi connectivity index (χ4n) is 1.71. The molecule has 124 valence electrons. The van der Waals surface area contributed by atoms with Gasteiger partial charge < -0.3 is 10.1 Å². The lowest BCUT2D eigenvalue weighted by Gasteiger charge is -2.14. The van der Waals surface area contributed by atoms with E-state index < -0.39 is 16.1 Å². The summed E-state index contributed by atoms with van der Waals surface area (Å²) >= 11 is 0. The first-order valence-corrected chi connectivity index (χ1v) is 8.78. The maximum atomic E-state index is 12.1. The summed E-state index contributed by atoms with van der Waals surface area (Å²) in [5.74, 6) is -0.357. The van der Waals surface area contributed by atoms with Gasteiger partial charge in [-0.15, -0.1) is 0 Å². The van der Waals surface area contributed by atoms with Crippen LogP contribution in [0.5, 0.6) is 0 Å². The summed E-state index contributed by atoms with van der Waals surface area (Å²) in [4.78, 5) is 12.0. The molecule has 0 aliphatic rings. The first-order chi connectivity index (χ1) is 10.3. The van der Waals surface area contributed by atoms with Crippen LogP contribution in [0.1, 0.15) is 27.2 Å². The number of hydrogen-bond acceptors (Lipinski definition) is 4. The fraction of sp³-hybridized carbons (Fsp3) is 0.533. The van der Waals surface area contributed by atoms with Crippen LogP contribution in [0.25, 0.3) is 0 Å². The molecule has 0 unspecified atom stereocenters. The lowest BCUT2D eigenvalue weighted by atomic mass is 10.3. The molecule has 0 aliphatic heterocycles. The average molecular weight is 328 g/mol. The van der Waals surface area contributed by atoms with Crippen LogP contribution in [-0.2, 0) is 19.6 Å². The van der Waals surface area contributed by atoms with E-state index in [0.717, 1.165) is 0 Å². The van der Waals surface area contributed by atoms with Gasteiger partial charge in [0, 0.05) is 13.2 Å². The zero-order valence-electron chi connectivity index (χ0n) is 13.2. The Balaban J connectivity index is 2.41. The summed E-state index contributed by atoms with van der Waals surface area (Å²) in [6, 6.07) is 7.12. The van der Waals surface area contributed by atoms with Crippen LogP contribution in [0, 0.1) is 0 Å². The monoisotopic (exact) mass is 328 g/mol. The highest BCUT2D eigenvalue weighted by molar-refractivity contribution is 7.89. The van der Waals surface area contributed by atoms with Gasteiger partial charge >= 0.3 is 0 Å². The predicted octanol–water partition coefficient (Wildman–Crippen LogP) is 1.28. The zero-order valence-corrected chi connectivity index (χ0v) is 14.0. The molecule has 1 rings (SSSR count). The molecule has 0 bridgehead atoms. The van der Waals surface area contributed by atoms with Crippen molar-refractivity contribution in [1.82, 2.24) is 10.0 Å². The van der Waals surface area contributed by atoms with Gasteiger partial charge in [0.2, 0.25) is 15.9 Å². The molecule has 1 atom stereocenters. The van der Waals surface area contributed by atoms with E-state index in [-0.39, 0.29) is 16.9 Å². The standard InChI is InChI=1S/C15H24N2O4S/c1-12(2)21-11-7-10-16-15(18)13(3)17-22(19,20)14-8-5-4-6-9-14/h4-6,8-9,12-13,17H,7,10-11H2,1-3H3,(H,16,18)/t13-/m0/s1. The summed E-state index contributed by atoms with van der Waals surface area (Å²) < 4.78 is 31.9. The molecule has 0 radical (unpaired) electrons. The van der Waals surface area contributed by atoms with Crippen molar-refractivity contribution in [2.45, 2.75) is 44.2 Å². The SMILES string of the molecule is CC(C)OCCCNC(=O)[C@H](C)NS(=O)(=O)c1ccccc1. The number of sulfonamides is 1. The topological polar surface area (TPSA) is 84.5 Å². The maximum absolute atomic E-state index is 12.1. The molecule has 1 amide bonds. The normalized spacial score (nSPS) is 13.1. The van der Waals surface area contributed by atoms with Crippen LogP contribution < -0.4 is 10.0 Å². The van der Waals surface area contributed by atoms with E-state index >= 15 is 0 Å². The third kappa shape index (κ3) is 6.55. The minimum Gasteiger partial charge on any atom is -0.379 e. The second-order valence-electron chi connectivity index (χ2n) is 5.22. The van der Waals surface area contributed by atoms with Crippen molar-refractivity contribution in [3.63, 3.8) is 0 Å². The van der Waals surface area contributed by atoms with E-state index in [9.17, 15) is 13.2 Å². The quantitative estimate of drug-likeness (QED) is 0.669. The van der Waals surface area contributed by atoms with Gasteiger partial charge in [0.15, 0.2) is 0 Å². The molecule has 0 saturated heterocycles. The fourth-order valence-corrected chi connectivity index (χ4v) is 2.93. The Labute approximate surface area is 132 Å². The molecule has 0 aliphatic carbocycles. The minimum atomic E-state index is -3.69. The summed E-state index contributed by atoms with van der Waals surface area (Å²) in [6.45, 7) is 6.41. The number of nitrogens with one attached hydrogen (secondary N) is 2. The van der Waals surface area contributed by atoms with Crippen LogP contribution in [0.2, 0.25) is 0 Å². The number of hydrogen-bond donors (Lipinski definition) is 2. The molecule has 1 aromatic rings. The molecule has 22 heavy (non-hydrogen) atoms. The average Bonchev–Trinajstić information content (AvgIpc) is 2.46. The van der Waals surface area contributed by atoms with Gasteiger partial charge in [-0.25, -0.2) is 8.42 Å². The summed E-state index contributed by atoms with van der Waals surface area (Å²) in [7, 11) is -3.69. The van der Waals surface area contributed by atoms with E-state index in [4.69, 9.17) is 4.74 Å². The number of benzene rings is 1. The van der Waals surface area contributed by atoms with Crippen molar-refractivity contribution in [3.8, 4) is 0 Å². The van der Waals surface area contributed by atoms with Crippen LogP contribution in [0.15, 0.2) is 35.2 Å². The van der Waals surface area contributed by atoms with Crippen LogP contribution in [0.3, 0.4) is 0 Å². The van der Waals surface area contributed by atoms with Crippen LogP contribution >= 0.6 is 0 Å². The van der Waals surface area contributed by atoms with Crippen LogP contribution in [-0.4, -0.2) is 39.6 Å². The summed E-state index contributed by atoms with van der Waals surface area (Å²) in [6.07, 6.45) is 0.842. The summed E-state index contributed by atoms with van der Waals surface area (Å²) in [5.41, 5.74) is 0. The molecular formula is C15H24N2O4S. The number of rotatable bonds is 9. The molecule has 0 aromatic heterocycles. The van der Waals surface area contributed by atoms with Gasteiger partial charge in [0.1, 0.15) is 0 Å². The third-order valence-corrected chi connectivity index (χ3v) is 4.41. The number of amides is 1. The van der Waals surface area contributed by atoms with Gasteiger partial charge in [-0.3, -0.25) is 4.79 Å². The second kappa shape index (κ2) is 8.87. The Morgan fingerprint density at radius 3 is 2.41 bits per heavy atom. The van der Waals surface area contributed by atoms with E-state index in [1.54, 1.807) is 18.2 Å². The van der Waals surface area contributed by atoms with Crippen molar-refractivity contribution in [3.05, 3.63) is 30.3 Å². The molecule has 2 N–H and O–H groups in total. The Kier molecular flexibility index (Phi) is 7.50. The largest absolute Gasteiger partial charge is 0.379 e. The Morgan fingerprint density at radius 2 is 1.82 bits per heavy atom. The highest BCUT2D eigenvalue weighted by Crippen LogP contribution is 2.07. The van der Waals surface area contributed by atoms with Gasteiger partial charge in [0.05, 0.1) is 17.0 Å². The molecular weight excluding hydrogens is 304 g/mol. The first kappa shape index (κ1) is 18.6. The molecule has 0 saturated carbocycles. The van der Waals surface area contributed by atoms with Crippen molar-refractivity contribution in [2.75, 3.05) is 13.2 Å². The number of carbonyl (C=O) groups is 1. The molecule has 7 heteroatoms. The smallest absolute Gasteiger partial charge is 0.241 e. The van der Waals surface area contributed by atoms with Gasteiger partial charge in [-0.1, -0.05) is 18.2 Å². The van der Waals surface area contributed by atoms with Crippen molar-refractivity contribution in [2.24, 2.45) is 0 Å². The molecule has 0 spiro atoms. The Bertz CT molecular complexity index is 558. The van der Waals surface area contributed by atoms with Crippen molar-refractivity contribution in [1.29, 1.82) is 0 Å². The number of carbonyl (C=O) groups excluding carboxylic acids is 1. The Morgan fingerprint density at radius 1 is 1.18 bits per heavy atom. The van der Waals surface area contributed by atoms with Gasteiger partial charge in [-0.05, 0) is 39.3 Å². The van der Waals surface area contributed by atoms with Crippen molar-refractivity contribution >= 4 is 15.9 Å². The molecule has 0 heterocycles. The maximum Gasteiger partial charge on any atom is 0.241 e. The van der Waals surface area contributed by atoms with Gasteiger partial charge in [0.25, 0.3) is 0 Å². The van der Waals surface area contributed by atoms with Gasteiger partial charge in [-0.2, -0.15) is 4.72 Å². The van der Waals surface area contributed by atoms with E-state index in [1.165, 1.54) is 19.1 Å². The second-order valence-corrected chi connectivity index (χ2v) is 6.93. The highest BCUT2D eigenvalue weighted by atomic mass is 32.2. The molecule has 6 nitrogen and oxygen atoms in total. The van der Waals surface area contributed by atoms with E-state index in [0.29, 0.717) is 19.6 Å². The van der Waals surface area contributed by atoms with Crippen molar-refractivity contribution < 1.29 is 17.9 Å². The molecule has 0 fully saturated rings. The minimum absolute atomic E-state index is 0.139. The number of ether oxygens (including phenoxy) is 1. The summed E-state index contributed by atoms with van der Waals surface area (Å²) in [5, 5.41) is 2.68. The third-order valence-electron chi connectivity index (χ3n) is 2.85. The zero-order chi connectivity index (χ0) is 16.6.